The number of rotatable bonds is 4. The zero-order valence-electron chi connectivity index (χ0n) is 11.8. The fourth-order valence-electron chi connectivity index (χ4n) is 2.50. The minimum Gasteiger partial charge on any atom is -0.383 e. The molecule has 114 valence electrons. The average molecular weight is 312 g/mol. The van der Waals surface area contributed by atoms with Crippen molar-refractivity contribution < 1.29 is 14.3 Å². The molecule has 2 heterocycles. The number of primary amides is 1. The van der Waals surface area contributed by atoms with Crippen LogP contribution in [0.2, 0.25) is 5.02 Å². The fourth-order valence-corrected chi connectivity index (χ4v) is 2.75. The number of nitrogens with zero attached hydrogens (tertiary/aromatic N) is 2. The molecule has 0 spiro atoms. The number of aromatic nitrogens is 1. The highest BCUT2D eigenvalue weighted by Gasteiger charge is 2.29. The Morgan fingerprint density at radius 3 is 2.90 bits per heavy atom. The summed E-state index contributed by atoms with van der Waals surface area (Å²) in [7, 11) is 1.62. The number of halogens is 1. The van der Waals surface area contributed by atoms with Gasteiger partial charge in [-0.25, -0.2) is 4.98 Å². The summed E-state index contributed by atoms with van der Waals surface area (Å²) in [6.07, 6.45) is 4.19. The summed E-state index contributed by atoms with van der Waals surface area (Å²) >= 11 is 6.06. The van der Waals surface area contributed by atoms with Crippen molar-refractivity contribution in [3.63, 3.8) is 0 Å². The van der Waals surface area contributed by atoms with Gasteiger partial charge in [0.1, 0.15) is 5.69 Å². The Bertz CT molecular complexity index is 548. The largest absolute Gasteiger partial charge is 0.383 e. The number of amides is 2. The van der Waals surface area contributed by atoms with E-state index >= 15 is 0 Å². The smallest absolute Gasteiger partial charge is 0.274 e. The third kappa shape index (κ3) is 3.51. The summed E-state index contributed by atoms with van der Waals surface area (Å²) in [5.74, 6) is -0.864. The molecule has 2 N–H and O–H groups in total. The Labute approximate surface area is 128 Å². The van der Waals surface area contributed by atoms with Crippen LogP contribution in [0.5, 0.6) is 0 Å². The zero-order chi connectivity index (χ0) is 15.4. The van der Waals surface area contributed by atoms with Crippen LogP contribution in [0, 0.1) is 0 Å². The molecule has 6 nitrogen and oxygen atoms in total. The van der Waals surface area contributed by atoms with Crippen LogP contribution in [0.3, 0.4) is 0 Å². The van der Waals surface area contributed by atoms with Gasteiger partial charge in [-0.2, -0.15) is 0 Å². The van der Waals surface area contributed by atoms with Crippen LogP contribution in [0.1, 0.15) is 40.1 Å². The van der Waals surface area contributed by atoms with E-state index in [0.717, 1.165) is 19.3 Å². The SMILES string of the molecule is COCC1CCCCN1C(=O)c1ncc(C(N)=O)cc1Cl. The minimum atomic E-state index is -0.626. The molecule has 0 bridgehead atoms. The Kier molecular flexibility index (Phi) is 5.14. The molecule has 1 aromatic rings. The van der Waals surface area contributed by atoms with Gasteiger partial charge in [-0.05, 0) is 25.3 Å². The van der Waals surface area contributed by atoms with Crippen LogP contribution in [0.15, 0.2) is 12.3 Å². The van der Waals surface area contributed by atoms with Gasteiger partial charge in [0, 0.05) is 19.9 Å². The molecule has 1 aliphatic heterocycles. The first-order valence-electron chi connectivity index (χ1n) is 6.80. The number of pyridine rings is 1. The van der Waals surface area contributed by atoms with E-state index in [1.165, 1.54) is 12.3 Å². The van der Waals surface area contributed by atoms with Gasteiger partial charge in [0.2, 0.25) is 5.91 Å². The maximum Gasteiger partial charge on any atom is 0.274 e. The lowest BCUT2D eigenvalue weighted by atomic mass is 10.0. The molecule has 0 radical (unpaired) electrons. The first kappa shape index (κ1) is 15.7. The third-order valence-corrected chi connectivity index (χ3v) is 3.86. The first-order chi connectivity index (χ1) is 10.0. The molecule has 21 heavy (non-hydrogen) atoms. The molecule has 1 fully saturated rings. The van der Waals surface area contributed by atoms with E-state index in [1.807, 2.05) is 0 Å². The molecular formula is C14H18ClN3O3. The summed E-state index contributed by atoms with van der Waals surface area (Å²) in [5.41, 5.74) is 5.49. The van der Waals surface area contributed by atoms with E-state index in [2.05, 4.69) is 4.98 Å². The van der Waals surface area contributed by atoms with Crippen LogP contribution in [0.25, 0.3) is 0 Å². The highest BCUT2D eigenvalue weighted by molar-refractivity contribution is 6.33. The van der Waals surface area contributed by atoms with Gasteiger partial charge in [-0.3, -0.25) is 9.59 Å². The predicted molar refractivity (Wildman–Crippen MR) is 78.3 cm³/mol. The second-order valence-electron chi connectivity index (χ2n) is 5.02. The van der Waals surface area contributed by atoms with Crippen molar-refractivity contribution in [1.82, 2.24) is 9.88 Å². The monoisotopic (exact) mass is 311 g/mol. The molecule has 2 rings (SSSR count). The van der Waals surface area contributed by atoms with Gasteiger partial charge >= 0.3 is 0 Å². The normalized spacial score (nSPS) is 18.6. The number of carbonyl (C=O) groups is 2. The molecule has 7 heteroatoms. The quantitative estimate of drug-likeness (QED) is 0.912. The summed E-state index contributed by atoms with van der Waals surface area (Å²) in [6, 6.07) is 1.41. The van der Waals surface area contributed by atoms with Gasteiger partial charge in [0.05, 0.1) is 23.2 Å². The van der Waals surface area contributed by atoms with Crippen LogP contribution >= 0.6 is 11.6 Å². The number of hydrogen-bond donors (Lipinski definition) is 1. The molecule has 2 amide bonds. The third-order valence-electron chi connectivity index (χ3n) is 3.58. The fraction of sp³-hybridized carbons (Fsp3) is 0.500. The Hall–Kier alpha value is -1.66. The topological polar surface area (TPSA) is 85.5 Å². The van der Waals surface area contributed by atoms with Gasteiger partial charge in [-0.1, -0.05) is 11.6 Å². The number of likely N-dealkylation sites (tertiary alicyclic amines) is 1. The van der Waals surface area contributed by atoms with E-state index in [1.54, 1.807) is 12.0 Å². The van der Waals surface area contributed by atoms with Crippen molar-refractivity contribution in [1.29, 1.82) is 0 Å². The van der Waals surface area contributed by atoms with Crippen molar-refractivity contribution in [2.75, 3.05) is 20.3 Å². The number of nitrogens with two attached hydrogens (primary N) is 1. The Morgan fingerprint density at radius 2 is 2.29 bits per heavy atom. The number of hydrogen-bond acceptors (Lipinski definition) is 4. The lowest BCUT2D eigenvalue weighted by Crippen LogP contribution is -2.46. The highest BCUT2D eigenvalue weighted by Crippen LogP contribution is 2.23. The summed E-state index contributed by atoms with van der Waals surface area (Å²) in [4.78, 5) is 29.4. The Balaban J connectivity index is 2.23. The molecule has 0 saturated carbocycles. The maximum atomic E-state index is 12.6. The van der Waals surface area contributed by atoms with Crippen molar-refractivity contribution in [2.24, 2.45) is 5.73 Å². The molecule has 1 aliphatic rings. The van der Waals surface area contributed by atoms with Crippen LogP contribution in [-0.4, -0.2) is 48.0 Å². The van der Waals surface area contributed by atoms with Crippen LogP contribution in [-0.2, 0) is 4.74 Å². The minimum absolute atomic E-state index is 0.0323. The second kappa shape index (κ2) is 6.87. The first-order valence-corrected chi connectivity index (χ1v) is 7.17. The second-order valence-corrected chi connectivity index (χ2v) is 5.43. The van der Waals surface area contributed by atoms with E-state index in [-0.39, 0.29) is 28.2 Å². The summed E-state index contributed by atoms with van der Waals surface area (Å²) in [6.45, 7) is 1.14. The molecular weight excluding hydrogens is 294 g/mol. The molecule has 0 aliphatic carbocycles. The van der Waals surface area contributed by atoms with E-state index in [4.69, 9.17) is 22.1 Å². The summed E-state index contributed by atoms with van der Waals surface area (Å²) < 4.78 is 5.17. The van der Waals surface area contributed by atoms with Crippen molar-refractivity contribution >= 4 is 23.4 Å². The predicted octanol–water partition coefficient (Wildman–Crippen LogP) is 1.48. The molecule has 0 aromatic carbocycles. The lowest BCUT2D eigenvalue weighted by molar-refractivity contribution is 0.0423. The van der Waals surface area contributed by atoms with Gasteiger partial charge in [0.15, 0.2) is 0 Å². The number of carbonyl (C=O) groups excluding carboxylic acids is 2. The Morgan fingerprint density at radius 1 is 1.52 bits per heavy atom. The maximum absolute atomic E-state index is 12.6. The van der Waals surface area contributed by atoms with Gasteiger partial charge in [-0.15, -0.1) is 0 Å². The molecule has 1 saturated heterocycles. The van der Waals surface area contributed by atoms with Crippen molar-refractivity contribution in [3.8, 4) is 0 Å². The van der Waals surface area contributed by atoms with Gasteiger partial charge < -0.3 is 15.4 Å². The van der Waals surface area contributed by atoms with Crippen molar-refractivity contribution in [2.45, 2.75) is 25.3 Å². The molecule has 1 aromatic heterocycles. The van der Waals surface area contributed by atoms with E-state index in [0.29, 0.717) is 13.2 Å². The van der Waals surface area contributed by atoms with E-state index < -0.39 is 5.91 Å². The zero-order valence-corrected chi connectivity index (χ0v) is 12.6. The molecule has 1 unspecified atom stereocenters. The standard InChI is InChI=1S/C14H18ClN3O3/c1-21-8-10-4-2-3-5-18(10)14(20)12-11(15)6-9(7-17-12)13(16)19/h6-7,10H,2-5,8H2,1H3,(H2,16,19). The van der Waals surface area contributed by atoms with E-state index in [9.17, 15) is 9.59 Å². The van der Waals surface area contributed by atoms with Crippen molar-refractivity contribution in [3.05, 3.63) is 28.5 Å². The van der Waals surface area contributed by atoms with Gasteiger partial charge in [0.25, 0.3) is 5.91 Å². The number of ether oxygens (including phenoxy) is 1. The number of methoxy groups -OCH3 is 1. The summed E-state index contributed by atoms with van der Waals surface area (Å²) in [5, 5.41) is 0.137. The highest BCUT2D eigenvalue weighted by atomic mass is 35.5. The van der Waals surface area contributed by atoms with Crippen LogP contribution < -0.4 is 5.73 Å². The average Bonchev–Trinajstić information content (AvgIpc) is 2.47. The lowest BCUT2D eigenvalue weighted by Gasteiger charge is -2.35. The number of piperidine rings is 1. The molecule has 1 atom stereocenters. The van der Waals surface area contributed by atoms with Crippen LogP contribution in [0.4, 0.5) is 0 Å².